The fourth-order valence-electron chi connectivity index (χ4n) is 3.76. The van der Waals surface area contributed by atoms with Crippen molar-refractivity contribution in [3.05, 3.63) is 100.0 Å². The van der Waals surface area contributed by atoms with Crippen molar-refractivity contribution in [1.29, 1.82) is 0 Å². The lowest BCUT2D eigenvalue weighted by atomic mass is 10.1. The molecule has 2 aromatic heterocycles. The first kappa shape index (κ1) is 20.4. The summed E-state index contributed by atoms with van der Waals surface area (Å²) in [7, 11) is 0. The van der Waals surface area contributed by atoms with E-state index in [9.17, 15) is 14.9 Å². The lowest BCUT2D eigenvalue weighted by Gasteiger charge is -2.00. The van der Waals surface area contributed by atoms with Crippen LogP contribution in [0.1, 0.15) is 21.9 Å². The summed E-state index contributed by atoms with van der Waals surface area (Å²) in [5.74, 6) is 0.935. The first-order valence-corrected chi connectivity index (χ1v) is 10.3. The number of hydrogen-bond acceptors (Lipinski definition) is 6. The molecule has 5 aromatic rings. The van der Waals surface area contributed by atoms with E-state index >= 15 is 0 Å². The van der Waals surface area contributed by atoms with E-state index in [4.69, 9.17) is 8.83 Å². The van der Waals surface area contributed by atoms with Crippen molar-refractivity contribution in [2.75, 3.05) is 6.54 Å². The number of nitrogens with zero attached hydrogens (tertiary/aromatic N) is 2. The molecule has 0 saturated carbocycles. The highest BCUT2D eigenvalue weighted by Crippen LogP contribution is 2.29. The fraction of sp³-hybridized carbons (Fsp3) is 0.0769. The van der Waals surface area contributed by atoms with Gasteiger partial charge < -0.3 is 8.83 Å². The molecule has 5 rings (SSSR count). The standard InChI is InChI=1S/C26H18N2O5/c1-16-6-7-18(12-22(16)28(30)31)24-11-9-19(32-24)14-27-15-23(29)26-13-21-20-5-3-2-4-17(20)8-10-25(21)33-26/h2-14H,15H2,1H3. The maximum atomic E-state index is 12.6. The number of nitro groups is 1. The minimum absolute atomic E-state index is 0.0309. The van der Waals surface area contributed by atoms with E-state index in [1.165, 1.54) is 12.3 Å². The van der Waals surface area contributed by atoms with Gasteiger partial charge in [-0.15, -0.1) is 0 Å². The summed E-state index contributed by atoms with van der Waals surface area (Å²) in [6.07, 6.45) is 1.46. The van der Waals surface area contributed by atoms with Crippen LogP contribution in [0.5, 0.6) is 0 Å². The molecule has 7 heteroatoms. The van der Waals surface area contributed by atoms with Gasteiger partial charge in [0.1, 0.15) is 23.6 Å². The van der Waals surface area contributed by atoms with Gasteiger partial charge in [-0.3, -0.25) is 19.9 Å². The Bertz CT molecular complexity index is 1560. The molecule has 0 aliphatic carbocycles. The SMILES string of the molecule is Cc1ccc(-c2ccc(C=NCC(=O)c3cc4c(ccc5ccccc54)o3)o2)cc1[N+](=O)[O-]. The summed E-state index contributed by atoms with van der Waals surface area (Å²) in [6.45, 7) is 1.59. The number of Topliss-reactive ketones (excluding diaryl/α,β-unsaturated/α-hetero) is 1. The maximum absolute atomic E-state index is 12.6. The summed E-state index contributed by atoms with van der Waals surface area (Å²) < 4.78 is 11.5. The molecule has 162 valence electrons. The Kier molecular flexibility index (Phi) is 5.06. The first-order valence-electron chi connectivity index (χ1n) is 10.3. The van der Waals surface area contributed by atoms with E-state index in [-0.39, 0.29) is 23.8 Å². The van der Waals surface area contributed by atoms with Crippen LogP contribution in [0.3, 0.4) is 0 Å². The molecular formula is C26H18N2O5. The molecule has 0 aliphatic rings. The number of aryl methyl sites for hydroxylation is 1. The van der Waals surface area contributed by atoms with Crippen LogP contribution >= 0.6 is 0 Å². The fourth-order valence-corrected chi connectivity index (χ4v) is 3.76. The number of carbonyl (C=O) groups is 1. The van der Waals surface area contributed by atoms with E-state index < -0.39 is 4.92 Å². The van der Waals surface area contributed by atoms with Gasteiger partial charge in [-0.2, -0.15) is 0 Å². The second-order valence-electron chi connectivity index (χ2n) is 7.66. The number of furan rings is 2. The molecule has 2 heterocycles. The predicted octanol–water partition coefficient (Wildman–Crippen LogP) is 6.36. The molecule has 0 radical (unpaired) electrons. The smallest absolute Gasteiger partial charge is 0.273 e. The Balaban J connectivity index is 1.32. The van der Waals surface area contributed by atoms with E-state index in [2.05, 4.69) is 4.99 Å². The van der Waals surface area contributed by atoms with Gasteiger partial charge in [0.2, 0.25) is 5.78 Å². The van der Waals surface area contributed by atoms with E-state index in [1.807, 2.05) is 36.4 Å². The lowest BCUT2D eigenvalue weighted by molar-refractivity contribution is -0.385. The van der Waals surface area contributed by atoms with Crippen LogP contribution in [-0.2, 0) is 0 Å². The second kappa shape index (κ2) is 8.20. The van der Waals surface area contributed by atoms with E-state index in [0.29, 0.717) is 28.2 Å². The number of fused-ring (bicyclic) bond motifs is 3. The van der Waals surface area contributed by atoms with Gasteiger partial charge in [0.05, 0.1) is 11.1 Å². The Labute approximate surface area is 188 Å². The maximum Gasteiger partial charge on any atom is 0.273 e. The molecule has 0 aliphatic heterocycles. The van der Waals surface area contributed by atoms with Crippen LogP contribution in [0.15, 0.2) is 86.6 Å². The minimum Gasteiger partial charge on any atom is -0.455 e. The molecule has 0 N–H and O–H groups in total. The van der Waals surface area contributed by atoms with Gasteiger partial charge in [0, 0.05) is 22.6 Å². The molecule has 0 atom stereocenters. The number of benzene rings is 3. The molecule has 33 heavy (non-hydrogen) atoms. The highest BCUT2D eigenvalue weighted by molar-refractivity contribution is 6.09. The molecular weight excluding hydrogens is 420 g/mol. The molecule has 0 fully saturated rings. The average molecular weight is 438 g/mol. The molecule has 0 saturated heterocycles. The molecule has 0 bridgehead atoms. The van der Waals surface area contributed by atoms with Crippen LogP contribution in [0.25, 0.3) is 33.1 Å². The van der Waals surface area contributed by atoms with Crippen LogP contribution in [0.2, 0.25) is 0 Å². The van der Waals surface area contributed by atoms with Gasteiger partial charge in [-0.05, 0) is 42.0 Å². The number of aliphatic imine (C=N–C) groups is 1. The normalized spacial score (nSPS) is 11.5. The Hall–Kier alpha value is -4.52. The van der Waals surface area contributed by atoms with Gasteiger partial charge in [-0.25, -0.2) is 0 Å². The summed E-state index contributed by atoms with van der Waals surface area (Å²) in [4.78, 5) is 27.5. The third-order valence-electron chi connectivity index (χ3n) is 5.47. The summed E-state index contributed by atoms with van der Waals surface area (Å²) >= 11 is 0. The third kappa shape index (κ3) is 3.92. The van der Waals surface area contributed by atoms with Crippen molar-refractivity contribution in [2.45, 2.75) is 6.92 Å². The molecule has 0 amide bonds. The third-order valence-corrected chi connectivity index (χ3v) is 5.47. The average Bonchev–Trinajstić information content (AvgIpc) is 3.46. The van der Waals surface area contributed by atoms with E-state index in [0.717, 1.165) is 16.2 Å². The van der Waals surface area contributed by atoms with Crippen molar-refractivity contribution in [2.24, 2.45) is 4.99 Å². The van der Waals surface area contributed by atoms with E-state index in [1.54, 1.807) is 37.3 Å². The first-order chi connectivity index (χ1) is 16.0. The lowest BCUT2D eigenvalue weighted by Crippen LogP contribution is -2.01. The molecule has 3 aromatic carbocycles. The monoisotopic (exact) mass is 438 g/mol. The van der Waals surface area contributed by atoms with Crippen LogP contribution in [0.4, 0.5) is 5.69 Å². The van der Waals surface area contributed by atoms with Crippen molar-refractivity contribution in [1.82, 2.24) is 0 Å². The van der Waals surface area contributed by atoms with Crippen LogP contribution in [-0.4, -0.2) is 23.5 Å². The minimum atomic E-state index is -0.420. The van der Waals surface area contributed by atoms with Crippen molar-refractivity contribution >= 4 is 39.4 Å². The zero-order valence-corrected chi connectivity index (χ0v) is 17.6. The van der Waals surface area contributed by atoms with Gasteiger partial charge in [0.15, 0.2) is 5.76 Å². The van der Waals surface area contributed by atoms with Crippen LogP contribution < -0.4 is 0 Å². The largest absolute Gasteiger partial charge is 0.455 e. The predicted molar refractivity (Wildman–Crippen MR) is 126 cm³/mol. The number of rotatable bonds is 6. The summed E-state index contributed by atoms with van der Waals surface area (Å²) in [5, 5.41) is 14.2. The number of ketones is 1. The topological polar surface area (TPSA) is 98.8 Å². The van der Waals surface area contributed by atoms with Gasteiger partial charge in [-0.1, -0.05) is 42.5 Å². The zero-order chi connectivity index (χ0) is 22.9. The molecule has 0 unspecified atom stereocenters. The zero-order valence-electron chi connectivity index (χ0n) is 17.6. The highest BCUT2D eigenvalue weighted by atomic mass is 16.6. The highest BCUT2D eigenvalue weighted by Gasteiger charge is 2.15. The Morgan fingerprint density at radius 1 is 1.00 bits per heavy atom. The molecule has 0 spiro atoms. The number of carbonyl (C=O) groups excluding carboxylic acids is 1. The summed E-state index contributed by atoms with van der Waals surface area (Å²) in [6, 6.07) is 21.8. The molecule has 7 nitrogen and oxygen atoms in total. The summed E-state index contributed by atoms with van der Waals surface area (Å²) in [5.41, 5.74) is 1.86. The van der Waals surface area contributed by atoms with Gasteiger partial charge >= 0.3 is 0 Å². The van der Waals surface area contributed by atoms with Crippen LogP contribution in [0, 0.1) is 17.0 Å². The van der Waals surface area contributed by atoms with Crippen molar-refractivity contribution in [3.8, 4) is 11.3 Å². The van der Waals surface area contributed by atoms with Crippen molar-refractivity contribution < 1.29 is 18.6 Å². The quantitative estimate of drug-likeness (QED) is 0.133. The Morgan fingerprint density at radius 3 is 2.70 bits per heavy atom. The van der Waals surface area contributed by atoms with Crippen molar-refractivity contribution in [3.63, 3.8) is 0 Å². The number of nitro benzene ring substituents is 1. The number of hydrogen-bond donors (Lipinski definition) is 0. The second-order valence-corrected chi connectivity index (χ2v) is 7.66. The Morgan fingerprint density at radius 2 is 1.85 bits per heavy atom. The van der Waals surface area contributed by atoms with Gasteiger partial charge in [0.25, 0.3) is 5.69 Å².